The fraction of sp³-hybridized carbons (Fsp3) is 0.381. The Balaban J connectivity index is 1.88. The number of carbonyl (C=O) groups is 1. The zero-order valence-electron chi connectivity index (χ0n) is 15.6. The van der Waals surface area contributed by atoms with E-state index >= 15 is 0 Å². The Morgan fingerprint density at radius 1 is 1.16 bits per heavy atom. The maximum Gasteiger partial charge on any atom is 0.321 e. The van der Waals surface area contributed by atoms with Gasteiger partial charge in [-0.25, -0.2) is 4.79 Å². The van der Waals surface area contributed by atoms with Gasteiger partial charge in [-0.15, -0.1) is 0 Å². The van der Waals surface area contributed by atoms with Gasteiger partial charge in [-0.05, 0) is 49.1 Å². The number of carbonyl (C=O) groups excluding carboxylic acids is 1. The van der Waals surface area contributed by atoms with Crippen LogP contribution < -0.4 is 15.0 Å². The van der Waals surface area contributed by atoms with E-state index in [0.29, 0.717) is 25.6 Å². The normalized spacial score (nSPS) is 10.6. The van der Waals surface area contributed by atoms with E-state index in [1.807, 2.05) is 56.3 Å². The van der Waals surface area contributed by atoms with Gasteiger partial charge in [-0.1, -0.05) is 44.2 Å². The van der Waals surface area contributed by atoms with Gasteiger partial charge >= 0.3 is 6.03 Å². The van der Waals surface area contributed by atoms with Crippen LogP contribution in [0.15, 0.2) is 48.5 Å². The van der Waals surface area contributed by atoms with Gasteiger partial charge in [0.25, 0.3) is 0 Å². The molecule has 0 heterocycles. The van der Waals surface area contributed by atoms with Crippen molar-refractivity contribution in [3.8, 4) is 5.75 Å². The van der Waals surface area contributed by atoms with E-state index in [2.05, 4.69) is 25.2 Å². The molecule has 4 nitrogen and oxygen atoms in total. The Bertz CT molecular complexity index is 698. The summed E-state index contributed by atoms with van der Waals surface area (Å²) in [6, 6.07) is 15.9. The summed E-state index contributed by atoms with van der Waals surface area (Å²) in [5, 5.41) is 2.93. The largest absolute Gasteiger partial charge is 0.491 e. The topological polar surface area (TPSA) is 41.6 Å². The van der Waals surface area contributed by atoms with Crippen molar-refractivity contribution in [3.05, 3.63) is 59.7 Å². The number of hydrogen-bond donors (Lipinski definition) is 1. The Labute approximate surface area is 150 Å². The van der Waals surface area contributed by atoms with E-state index in [1.54, 1.807) is 4.90 Å². The highest BCUT2D eigenvalue weighted by atomic mass is 16.5. The Morgan fingerprint density at radius 3 is 2.60 bits per heavy atom. The molecule has 2 aromatic rings. The summed E-state index contributed by atoms with van der Waals surface area (Å²) in [5.41, 5.74) is 3.23. The molecule has 1 N–H and O–H groups in total. The number of nitrogens with zero attached hydrogens (tertiary/aromatic N) is 1. The molecule has 2 aromatic carbocycles. The zero-order valence-corrected chi connectivity index (χ0v) is 15.6. The van der Waals surface area contributed by atoms with Crippen molar-refractivity contribution in [3.63, 3.8) is 0 Å². The minimum atomic E-state index is -0.103. The lowest BCUT2D eigenvalue weighted by Gasteiger charge is -2.22. The van der Waals surface area contributed by atoms with Crippen molar-refractivity contribution < 1.29 is 9.53 Å². The minimum absolute atomic E-state index is 0.103. The number of aryl methyl sites for hydroxylation is 1. The Hall–Kier alpha value is -2.49. The molecule has 0 atom stereocenters. The van der Waals surface area contributed by atoms with E-state index in [0.717, 1.165) is 17.0 Å². The molecule has 2 rings (SSSR count). The molecule has 0 unspecified atom stereocenters. The number of urea groups is 1. The third kappa shape index (κ3) is 5.24. The van der Waals surface area contributed by atoms with Crippen LogP contribution in [0.1, 0.15) is 37.8 Å². The molecule has 4 heteroatoms. The van der Waals surface area contributed by atoms with Crippen molar-refractivity contribution in [2.75, 3.05) is 24.6 Å². The Morgan fingerprint density at radius 2 is 1.92 bits per heavy atom. The predicted octanol–water partition coefficient (Wildman–Crippen LogP) is 4.73. The first kappa shape index (κ1) is 18.8. The first-order valence-electron chi connectivity index (χ1n) is 8.86. The van der Waals surface area contributed by atoms with E-state index in [4.69, 9.17) is 4.74 Å². The quantitative estimate of drug-likeness (QED) is 0.740. The van der Waals surface area contributed by atoms with Gasteiger partial charge in [0.05, 0.1) is 6.54 Å². The summed E-state index contributed by atoms with van der Waals surface area (Å²) in [5.74, 6) is 1.29. The molecule has 0 aromatic heterocycles. The number of nitrogens with one attached hydrogen (secondary N) is 1. The van der Waals surface area contributed by atoms with Crippen LogP contribution in [0, 0.1) is 6.92 Å². The summed E-state index contributed by atoms with van der Waals surface area (Å²) < 4.78 is 5.85. The van der Waals surface area contributed by atoms with Crippen molar-refractivity contribution in [2.24, 2.45) is 0 Å². The lowest BCUT2D eigenvalue weighted by molar-refractivity contribution is 0.242. The van der Waals surface area contributed by atoms with E-state index < -0.39 is 0 Å². The number of para-hydroxylation sites is 1. The second-order valence-electron chi connectivity index (χ2n) is 6.36. The Kier molecular flexibility index (Phi) is 6.87. The maximum absolute atomic E-state index is 12.4. The SMILES string of the molecule is CCN(C(=O)NCCOc1ccccc1C(C)C)c1cccc(C)c1. The first-order chi connectivity index (χ1) is 12.0. The summed E-state index contributed by atoms with van der Waals surface area (Å²) in [4.78, 5) is 14.2. The van der Waals surface area contributed by atoms with Crippen LogP contribution in [0.25, 0.3) is 0 Å². The predicted molar refractivity (Wildman–Crippen MR) is 104 cm³/mol. The van der Waals surface area contributed by atoms with Crippen molar-refractivity contribution in [2.45, 2.75) is 33.6 Å². The molecule has 0 spiro atoms. The summed E-state index contributed by atoms with van der Waals surface area (Å²) in [6.45, 7) is 9.81. The van der Waals surface area contributed by atoms with E-state index in [-0.39, 0.29) is 6.03 Å². The van der Waals surface area contributed by atoms with Crippen LogP contribution in [0.3, 0.4) is 0 Å². The highest BCUT2D eigenvalue weighted by molar-refractivity contribution is 5.91. The third-order valence-electron chi connectivity index (χ3n) is 4.05. The van der Waals surface area contributed by atoms with Crippen molar-refractivity contribution in [1.82, 2.24) is 5.32 Å². The summed E-state index contributed by atoms with van der Waals surface area (Å²) >= 11 is 0. The maximum atomic E-state index is 12.4. The molecule has 0 fully saturated rings. The summed E-state index contributed by atoms with van der Waals surface area (Å²) in [6.07, 6.45) is 0. The van der Waals surface area contributed by atoms with Crippen molar-refractivity contribution in [1.29, 1.82) is 0 Å². The molecule has 0 radical (unpaired) electrons. The molecule has 134 valence electrons. The third-order valence-corrected chi connectivity index (χ3v) is 4.05. The fourth-order valence-corrected chi connectivity index (χ4v) is 2.74. The zero-order chi connectivity index (χ0) is 18.2. The minimum Gasteiger partial charge on any atom is -0.491 e. The summed E-state index contributed by atoms with van der Waals surface area (Å²) in [7, 11) is 0. The molecule has 2 amide bonds. The fourth-order valence-electron chi connectivity index (χ4n) is 2.74. The van der Waals surface area contributed by atoms with Crippen LogP contribution in [-0.4, -0.2) is 25.7 Å². The monoisotopic (exact) mass is 340 g/mol. The van der Waals surface area contributed by atoms with Crippen molar-refractivity contribution >= 4 is 11.7 Å². The molecular formula is C21H28N2O2. The molecule has 0 aliphatic carbocycles. The molecular weight excluding hydrogens is 312 g/mol. The number of hydrogen-bond acceptors (Lipinski definition) is 2. The molecule has 0 saturated carbocycles. The molecule has 0 aliphatic heterocycles. The first-order valence-corrected chi connectivity index (χ1v) is 8.86. The van der Waals surface area contributed by atoms with Gasteiger partial charge < -0.3 is 10.1 Å². The van der Waals surface area contributed by atoms with Gasteiger partial charge in [0.2, 0.25) is 0 Å². The van der Waals surface area contributed by atoms with Gasteiger partial charge in [0.15, 0.2) is 0 Å². The van der Waals surface area contributed by atoms with Crippen LogP contribution in [0.2, 0.25) is 0 Å². The average molecular weight is 340 g/mol. The van der Waals surface area contributed by atoms with Crippen LogP contribution >= 0.6 is 0 Å². The van der Waals surface area contributed by atoms with Crippen LogP contribution in [-0.2, 0) is 0 Å². The number of anilines is 1. The highest BCUT2D eigenvalue weighted by Crippen LogP contribution is 2.25. The lowest BCUT2D eigenvalue weighted by Crippen LogP contribution is -2.41. The van der Waals surface area contributed by atoms with E-state index in [9.17, 15) is 4.79 Å². The highest BCUT2D eigenvalue weighted by Gasteiger charge is 2.13. The molecule has 0 aliphatic rings. The van der Waals surface area contributed by atoms with Gasteiger partial charge in [0, 0.05) is 12.2 Å². The van der Waals surface area contributed by atoms with Crippen LogP contribution in [0.5, 0.6) is 5.75 Å². The van der Waals surface area contributed by atoms with Crippen LogP contribution in [0.4, 0.5) is 10.5 Å². The standard InChI is InChI=1S/C21H28N2O2/c1-5-23(18-10-8-9-17(4)15-18)21(24)22-13-14-25-20-12-7-6-11-19(20)16(2)3/h6-12,15-16H,5,13-14H2,1-4H3,(H,22,24). The second-order valence-corrected chi connectivity index (χ2v) is 6.36. The number of ether oxygens (including phenoxy) is 1. The van der Waals surface area contributed by atoms with Gasteiger partial charge in [0.1, 0.15) is 12.4 Å². The smallest absolute Gasteiger partial charge is 0.321 e. The second kappa shape index (κ2) is 9.11. The van der Waals surface area contributed by atoms with Gasteiger partial charge in [-0.2, -0.15) is 0 Å². The molecule has 25 heavy (non-hydrogen) atoms. The van der Waals surface area contributed by atoms with Gasteiger partial charge in [-0.3, -0.25) is 4.90 Å². The average Bonchev–Trinajstić information content (AvgIpc) is 2.59. The number of benzene rings is 2. The number of rotatable bonds is 7. The number of amides is 2. The molecule has 0 bridgehead atoms. The lowest BCUT2D eigenvalue weighted by atomic mass is 10.0. The van der Waals surface area contributed by atoms with E-state index in [1.165, 1.54) is 5.56 Å². The molecule has 0 saturated heterocycles.